The minimum absolute atomic E-state index is 0.0628. The second-order valence-electron chi connectivity index (χ2n) is 5.31. The second-order valence-corrected chi connectivity index (χ2v) is 6.48. The molecule has 20 heavy (non-hydrogen) atoms. The van der Waals surface area contributed by atoms with Crippen molar-refractivity contribution < 1.29 is 9.90 Å². The average molecular weight is 293 g/mol. The average Bonchev–Trinajstić information content (AvgIpc) is 2.38. The van der Waals surface area contributed by atoms with Crippen LogP contribution in [0.3, 0.4) is 0 Å². The molecule has 1 amide bonds. The second kappa shape index (κ2) is 7.70. The first-order chi connectivity index (χ1) is 9.70. The Kier molecular flexibility index (Phi) is 5.92. The van der Waals surface area contributed by atoms with Gasteiger partial charge in [-0.2, -0.15) is 0 Å². The van der Waals surface area contributed by atoms with Crippen LogP contribution in [0.5, 0.6) is 0 Å². The number of aliphatic hydroxyl groups is 1. The fourth-order valence-electron chi connectivity index (χ4n) is 2.35. The summed E-state index contributed by atoms with van der Waals surface area (Å²) in [5.41, 5.74) is 1.25. The molecule has 0 atom stereocenters. The van der Waals surface area contributed by atoms with Gasteiger partial charge in [-0.25, -0.2) is 0 Å². The highest BCUT2D eigenvalue weighted by Crippen LogP contribution is 2.26. The van der Waals surface area contributed by atoms with Gasteiger partial charge >= 0.3 is 0 Å². The van der Waals surface area contributed by atoms with Crippen LogP contribution < -0.4 is 0 Å². The minimum Gasteiger partial charge on any atom is -0.395 e. The molecule has 1 aromatic rings. The van der Waals surface area contributed by atoms with E-state index in [0.29, 0.717) is 19.0 Å². The third-order valence-electron chi connectivity index (χ3n) is 3.78. The molecular weight excluding hydrogens is 270 g/mol. The topological polar surface area (TPSA) is 40.5 Å². The first kappa shape index (κ1) is 15.4. The Bertz CT molecular complexity index is 429. The van der Waals surface area contributed by atoms with E-state index in [0.717, 1.165) is 18.6 Å². The van der Waals surface area contributed by atoms with Crippen LogP contribution in [0.15, 0.2) is 29.2 Å². The summed E-state index contributed by atoms with van der Waals surface area (Å²) >= 11 is 1.72. The predicted octanol–water partition coefficient (Wildman–Crippen LogP) is 2.85. The van der Waals surface area contributed by atoms with Gasteiger partial charge in [-0.05, 0) is 38.3 Å². The zero-order valence-electron chi connectivity index (χ0n) is 12.0. The SMILES string of the molecule is Cc1ccc(SCCC(=O)N(CCO)C2CCC2)cc1. The Morgan fingerprint density at radius 2 is 2.05 bits per heavy atom. The van der Waals surface area contributed by atoms with Gasteiger partial charge in [0, 0.05) is 29.7 Å². The lowest BCUT2D eigenvalue weighted by atomic mass is 9.91. The van der Waals surface area contributed by atoms with Gasteiger partial charge in [-0.3, -0.25) is 4.79 Å². The third kappa shape index (κ3) is 4.25. The molecule has 4 heteroatoms. The first-order valence-corrected chi connectivity index (χ1v) is 8.29. The summed E-state index contributed by atoms with van der Waals surface area (Å²) in [6, 6.07) is 8.76. The maximum Gasteiger partial charge on any atom is 0.223 e. The standard InChI is InChI=1S/C16H23NO2S/c1-13-5-7-15(8-6-13)20-12-9-16(19)17(10-11-18)14-3-2-4-14/h5-8,14,18H,2-4,9-12H2,1H3. The van der Waals surface area contributed by atoms with Gasteiger partial charge in [0.25, 0.3) is 0 Å². The number of aryl methyl sites for hydroxylation is 1. The molecule has 1 aromatic carbocycles. The molecule has 3 nitrogen and oxygen atoms in total. The Hall–Kier alpha value is -1.00. The molecule has 1 N–H and O–H groups in total. The van der Waals surface area contributed by atoms with E-state index in [1.54, 1.807) is 11.8 Å². The molecule has 2 rings (SSSR count). The van der Waals surface area contributed by atoms with Crippen molar-refractivity contribution in [2.75, 3.05) is 18.9 Å². The summed E-state index contributed by atoms with van der Waals surface area (Å²) in [4.78, 5) is 15.3. The lowest BCUT2D eigenvalue weighted by Gasteiger charge is -2.37. The van der Waals surface area contributed by atoms with Crippen molar-refractivity contribution in [2.24, 2.45) is 0 Å². The number of amides is 1. The van der Waals surface area contributed by atoms with Crippen molar-refractivity contribution in [2.45, 2.75) is 43.5 Å². The van der Waals surface area contributed by atoms with Crippen molar-refractivity contribution in [3.05, 3.63) is 29.8 Å². The zero-order chi connectivity index (χ0) is 14.4. The molecular formula is C16H23NO2S. The van der Waals surface area contributed by atoms with Crippen LogP contribution in [0.2, 0.25) is 0 Å². The molecule has 0 saturated heterocycles. The normalized spacial score (nSPS) is 14.9. The number of hydrogen-bond donors (Lipinski definition) is 1. The number of thioether (sulfide) groups is 1. The number of aliphatic hydroxyl groups excluding tert-OH is 1. The maximum atomic E-state index is 12.2. The summed E-state index contributed by atoms with van der Waals surface area (Å²) in [5, 5.41) is 9.08. The molecule has 0 spiro atoms. The van der Waals surface area contributed by atoms with E-state index in [1.807, 2.05) is 4.90 Å². The lowest BCUT2D eigenvalue weighted by Crippen LogP contribution is -2.45. The van der Waals surface area contributed by atoms with Gasteiger partial charge in [0.15, 0.2) is 0 Å². The summed E-state index contributed by atoms with van der Waals surface area (Å²) < 4.78 is 0. The van der Waals surface area contributed by atoms with Crippen LogP contribution in [0.25, 0.3) is 0 Å². The van der Waals surface area contributed by atoms with Gasteiger partial charge in [0.05, 0.1) is 6.61 Å². The van der Waals surface area contributed by atoms with E-state index in [4.69, 9.17) is 5.11 Å². The van der Waals surface area contributed by atoms with Crippen LogP contribution in [0.4, 0.5) is 0 Å². The smallest absolute Gasteiger partial charge is 0.223 e. The van der Waals surface area contributed by atoms with Gasteiger partial charge in [0.1, 0.15) is 0 Å². The Morgan fingerprint density at radius 3 is 2.60 bits per heavy atom. The molecule has 0 radical (unpaired) electrons. The highest BCUT2D eigenvalue weighted by atomic mass is 32.2. The quantitative estimate of drug-likeness (QED) is 0.786. The summed E-state index contributed by atoms with van der Waals surface area (Å²) in [6.07, 6.45) is 3.95. The number of carbonyl (C=O) groups is 1. The van der Waals surface area contributed by atoms with Gasteiger partial charge in [-0.1, -0.05) is 17.7 Å². The van der Waals surface area contributed by atoms with Crippen LogP contribution in [-0.4, -0.2) is 40.9 Å². The lowest BCUT2D eigenvalue weighted by molar-refractivity contribution is -0.135. The Labute approximate surface area is 125 Å². The molecule has 0 aliphatic heterocycles. The van der Waals surface area contributed by atoms with Crippen molar-refractivity contribution in [1.82, 2.24) is 4.90 Å². The van der Waals surface area contributed by atoms with Crippen LogP contribution in [0.1, 0.15) is 31.2 Å². The third-order valence-corrected chi connectivity index (χ3v) is 4.80. The van der Waals surface area contributed by atoms with Gasteiger partial charge in [0.2, 0.25) is 5.91 Å². The van der Waals surface area contributed by atoms with E-state index in [9.17, 15) is 4.79 Å². The molecule has 0 unspecified atom stereocenters. The molecule has 0 aromatic heterocycles. The zero-order valence-corrected chi connectivity index (χ0v) is 12.9. The number of carbonyl (C=O) groups excluding carboxylic acids is 1. The molecule has 110 valence electrons. The molecule has 1 fully saturated rings. The minimum atomic E-state index is 0.0628. The summed E-state index contributed by atoms with van der Waals surface area (Å²) in [6.45, 7) is 2.62. The van der Waals surface area contributed by atoms with Gasteiger partial charge < -0.3 is 10.0 Å². The fourth-order valence-corrected chi connectivity index (χ4v) is 3.19. The largest absolute Gasteiger partial charge is 0.395 e. The summed E-state index contributed by atoms with van der Waals surface area (Å²) in [7, 11) is 0. The number of hydrogen-bond acceptors (Lipinski definition) is 3. The van der Waals surface area contributed by atoms with Crippen molar-refractivity contribution in [3.8, 4) is 0 Å². The number of nitrogens with zero attached hydrogens (tertiary/aromatic N) is 1. The highest BCUT2D eigenvalue weighted by Gasteiger charge is 2.27. The van der Waals surface area contributed by atoms with E-state index < -0.39 is 0 Å². The van der Waals surface area contributed by atoms with E-state index in [2.05, 4.69) is 31.2 Å². The molecule has 1 aliphatic rings. The number of rotatable bonds is 7. The Morgan fingerprint density at radius 1 is 1.35 bits per heavy atom. The van der Waals surface area contributed by atoms with Crippen LogP contribution in [-0.2, 0) is 4.79 Å². The first-order valence-electron chi connectivity index (χ1n) is 7.30. The van der Waals surface area contributed by atoms with E-state index in [1.165, 1.54) is 16.9 Å². The molecule has 1 aliphatic carbocycles. The molecule has 0 bridgehead atoms. The van der Waals surface area contributed by atoms with Crippen molar-refractivity contribution >= 4 is 17.7 Å². The monoisotopic (exact) mass is 293 g/mol. The predicted molar refractivity (Wildman–Crippen MR) is 83.0 cm³/mol. The van der Waals surface area contributed by atoms with E-state index >= 15 is 0 Å². The van der Waals surface area contributed by atoms with Crippen LogP contribution >= 0.6 is 11.8 Å². The Balaban J connectivity index is 1.76. The molecule has 0 heterocycles. The molecule has 1 saturated carbocycles. The van der Waals surface area contributed by atoms with E-state index in [-0.39, 0.29) is 12.5 Å². The summed E-state index contributed by atoms with van der Waals surface area (Å²) in [5.74, 6) is 0.986. The van der Waals surface area contributed by atoms with Crippen molar-refractivity contribution in [3.63, 3.8) is 0 Å². The van der Waals surface area contributed by atoms with Crippen molar-refractivity contribution in [1.29, 1.82) is 0 Å². The van der Waals surface area contributed by atoms with Crippen LogP contribution in [0, 0.1) is 6.92 Å². The fraction of sp³-hybridized carbons (Fsp3) is 0.562. The number of benzene rings is 1. The van der Waals surface area contributed by atoms with Gasteiger partial charge in [-0.15, -0.1) is 11.8 Å². The highest BCUT2D eigenvalue weighted by molar-refractivity contribution is 7.99. The maximum absolute atomic E-state index is 12.2.